The summed E-state index contributed by atoms with van der Waals surface area (Å²) in [5, 5.41) is 3.04. The third-order valence-electron chi connectivity index (χ3n) is 3.02. The topological polar surface area (TPSA) is 51.5 Å². The average molecular weight is 277 g/mol. The number of aryl methyl sites for hydroxylation is 1. The number of nitrogens with one attached hydrogen (secondary N) is 1. The van der Waals surface area contributed by atoms with E-state index in [1.165, 1.54) is 19.2 Å². The fourth-order valence-electron chi connectivity index (χ4n) is 1.90. The lowest BCUT2D eigenvalue weighted by Gasteiger charge is -2.15. The van der Waals surface area contributed by atoms with E-state index < -0.39 is 5.97 Å². The van der Waals surface area contributed by atoms with Crippen LogP contribution in [0, 0.1) is 12.7 Å². The van der Waals surface area contributed by atoms with Crippen LogP contribution in [0.4, 0.5) is 10.1 Å². The molecule has 0 fully saturated rings. The number of anilines is 1. The molecule has 0 saturated heterocycles. The number of benzene rings is 1. The Morgan fingerprint density at radius 1 is 1.35 bits per heavy atom. The number of halogens is 1. The number of carbonyl (C=O) groups is 1. The van der Waals surface area contributed by atoms with Crippen molar-refractivity contribution < 1.29 is 18.3 Å². The van der Waals surface area contributed by atoms with Gasteiger partial charge in [0, 0.05) is 0 Å². The maximum absolute atomic E-state index is 13.7. The number of hydrogen-bond donors (Lipinski definition) is 1. The fraction of sp³-hybridized carbons (Fsp3) is 0.267. The minimum absolute atomic E-state index is 0.126. The highest BCUT2D eigenvalue weighted by Crippen LogP contribution is 2.26. The van der Waals surface area contributed by atoms with Crippen LogP contribution in [0.15, 0.2) is 34.7 Å². The van der Waals surface area contributed by atoms with Gasteiger partial charge in [0.15, 0.2) is 0 Å². The molecule has 0 spiro atoms. The van der Waals surface area contributed by atoms with E-state index in [0.29, 0.717) is 11.4 Å². The van der Waals surface area contributed by atoms with Gasteiger partial charge in [0.05, 0.1) is 18.8 Å². The van der Waals surface area contributed by atoms with Crippen LogP contribution in [0.3, 0.4) is 0 Å². The Hall–Kier alpha value is -2.30. The van der Waals surface area contributed by atoms with Crippen molar-refractivity contribution in [2.45, 2.75) is 19.9 Å². The van der Waals surface area contributed by atoms with E-state index in [9.17, 15) is 9.18 Å². The lowest BCUT2D eigenvalue weighted by molar-refractivity contribution is 0.0562. The molecule has 1 atom stereocenters. The van der Waals surface area contributed by atoms with Crippen molar-refractivity contribution in [2.75, 3.05) is 12.4 Å². The molecule has 0 saturated carbocycles. The van der Waals surface area contributed by atoms with Crippen molar-refractivity contribution in [2.24, 2.45) is 0 Å². The van der Waals surface area contributed by atoms with Gasteiger partial charge in [-0.3, -0.25) is 0 Å². The highest BCUT2D eigenvalue weighted by molar-refractivity contribution is 5.86. The van der Waals surface area contributed by atoms with Crippen LogP contribution in [0.25, 0.3) is 0 Å². The number of carbonyl (C=O) groups excluding carboxylic acids is 1. The number of para-hydroxylation sites is 1. The van der Waals surface area contributed by atoms with E-state index in [-0.39, 0.29) is 17.6 Å². The Labute approximate surface area is 116 Å². The summed E-state index contributed by atoms with van der Waals surface area (Å²) < 4.78 is 23.7. The Morgan fingerprint density at radius 3 is 2.75 bits per heavy atom. The van der Waals surface area contributed by atoms with Crippen LogP contribution in [0.5, 0.6) is 0 Å². The largest absolute Gasteiger partial charge is 0.463 e. The van der Waals surface area contributed by atoms with Crippen LogP contribution in [-0.4, -0.2) is 13.1 Å². The molecule has 106 valence electrons. The average Bonchev–Trinajstić information content (AvgIpc) is 2.92. The molecule has 2 aromatic rings. The minimum Gasteiger partial charge on any atom is -0.463 e. The summed E-state index contributed by atoms with van der Waals surface area (Å²) in [6, 6.07) is 7.80. The number of ether oxygens (including phenoxy) is 1. The van der Waals surface area contributed by atoms with Gasteiger partial charge in [0.1, 0.15) is 11.6 Å². The molecule has 1 N–H and O–H groups in total. The Morgan fingerprint density at radius 2 is 2.10 bits per heavy atom. The van der Waals surface area contributed by atoms with Crippen molar-refractivity contribution in [3.05, 3.63) is 53.2 Å². The molecular weight excluding hydrogens is 261 g/mol. The van der Waals surface area contributed by atoms with Crippen LogP contribution >= 0.6 is 0 Å². The zero-order valence-electron chi connectivity index (χ0n) is 11.6. The van der Waals surface area contributed by atoms with Crippen molar-refractivity contribution in [1.82, 2.24) is 0 Å². The monoisotopic (exact) mass is 277 g/mol. The van der Waals surface area contributed by atoms with Crippen molar-refractivity contribution >= 4 is 11.7 Å². The Balaban J connectivity index is 2.18. The number of furan rings is 1. The van der Waals surface area contributed by atoms with E-state index in [2.05, 4.69) is 10.1 Å². The van der Waals surface area contributed by atoms with Gasteiger partial charge in [-0.25, -0.2) is 9.18 Å². The number of hydrogen-bond acceptors (Lipinski definition) is 4. The lowest BCUT2D eigenvalue weighted by atomic mass is 10.1. The van der Waals surface area contributed by atoms with E-state index in [1.54, 1.807) is 12.1 Å². The molecule has 1 heterocycles. The van der Waals surface area contributed by atoms with E-state index in [1.807, 2.05) is 19.9 Å². The first kappa shape index (κ1) is 14.1. The summed E-state index contributed by atoms with van der Waals surface area (Å²) in [5.74, 6) is -0.198. The van der Waals surface area contributed by atoms with Crippen molar-refractivity contribution in [3.63, 3.8) is 0 Å². The molecule has 2 rings (SSSR count). The van der Waals surface area contributed by atoms with Crippen LogP contribution in [-0.2, 0) is 4.74 Å². The summed E-state index contributed by atoms with van der Waals surface area (Å²) in [5.41, 5.74) is 1.23. The molecule has 4 nitrogen and oxygen atoms in total. The zero-order chi connectivity index (χ0) is 14.7. The van der Waals surface area contributed by atoms with Crippen LogP contribution in [0.2, 0.25) is 0 Å². The van der Waals surface area contributed by atoms with Gasteiger partial charge in [-0.05, 0) is 37.6 Å². The predicted molar refractivity (Wildman–Crippen MR) is 73.2 cm³/mol. The molecule has 1 aromatic heterocycles. The highest BCUT2D eigenvalue weighted by Gasteiger charge is 2.16. The van der Waals surface area contributed by atoms with Crippen LogP contribution in [0.1, 0.15) is 34.8 Å². The van der Waals surface area contributed by atoms with Gasteiger partial charge in [-0.2, -0.15) is 0 Å². The molecule has 0 radical (unpaired) electrons. The first-order valence-electron chi connectivity index (χ1n) is 6.22. The summed E-state index contributed by atoms with van der Waals surface area (Å²) in [4.78, 5) is 11.3. The molecule has 0 aliphatic carbocycles. The van der Waals surface area contributed by atoms with Crippen molar-refractivity contribution in [3.8, 4) is 0 Å². The lowest BCUT2D eigenvalue weighted by Crippen LogP contribution is -2.08. The summed E-state index contributed by atoms with van der Waals surface area (Å²) in [6.45, 7) is 3.64. The van der Waals surface area contributed by atoms with E-state index >= 15 is 0 Å². The molecule has 20 heavy (non-hydrogen) atoms. The van der Waals surface area contributed by atoms with Crippen LogP contribution < -0.4 is 5.32 Å². The molecule has 1 unspecified atom stereocenters. The SMILES string of the molecule is COC(=O)c1ccc(C(C)Nc2c(C)cccc2F)o1. The minimum atomic E-state index is -0.537. The molecule has 0 amide bonds. The molecule has 0 aliphatic heterocycles. The first-order chi connectivity index (χ1) is 9.52. The maximum atomic E-state index is 13.7. The highest BCUT2D eigenvalue weighted by atomic mass is 19.1. The summed E-state index contributed by atoms with van der Waals surface area (Å²) >= 11 is 0. The van der Waals surface area contributed by atoms with Crippen molar-refractivity contribution in [1.29, 1.82) is 0 Å². The Bertz CT molecular complexity index is 601. The van der Waals surface area contributed by atoms with Gasteiger partial charge in [-0.15, -0.1) is 0 Å². The summed E-state index contributed by atoms with van der Waals surface area (Å²) in [7, 11) is 1.29. The normalized spacial score (nSPS) is 12.0. The van der Waals surface area contributed by atoms with Gasteiger partial charge in [-0.1, -0.05) is 12.1 Å². The maximum Gasteiger partial charge on any atom is 0.373 e. The second-order valence-electron chi connectivity index (χ2n) is 4.49. The van der Waals surface area contributed by atoms with Gasteiger partial charge in [0.2, 0.25) is 5.76 Å². The smallest absolute Gasteiger partial charge is 0.373 e. The van der Waals surface area contributed by atoms with E-state index in [4.69, 9.17) is 4.42 Å². The molecule has 0 aliphatic rings. The second-order valence-corrected chi connectivity index (χ2v) is 4.49. The van der Waals surface area contributed by atoms with Gasteiger partial charge < -0.3 is 14.5 Å². The fourth-order valence-corrected chi connectivity index (χ4v) is 1.90. The molecule has 5 heteroatoms. The predicted octanol–water partition coefficient (Wildman–Crippen LogP) is 3.69. The third-order valence-corrected chi connectivity index (χ3v) is 3.02. The molecular formula is C15H16FNO3. The summed E-state index contributed by atoms with van der Waals surface area (Å²) in [6.07, 6.45) is 0. The quantitative estimate of drug-likeness (QED) is 0.866. The number of esters is 1. The number of rotatable bonds is 4. The van der Waals surface area contributed by atoms with E-state index in [0.717, 1.165) is 5.56 Å². The molecule has 0 bridgehead atoms. The van der Waals surface area contributed by atoms with Gasteiger partial charge in [0.25, 0.3) is 0 Å². The first-order valence-corrected chi connectivity index (χ1v) is 6.22. The van der Waals surface area contributed by atoms with Gasteiger partial charge >= 0.3 is 5.97 Å². The third kappa shape index (κ3) is 2.82. The number of methoxy groups -OCH3 is 1. The second kappa shape index (κ2) is 5.77. The zero-order valence-corrected chi connectivity index (χ0v) is 11.6. The standard InChI is InChI=1S/C15H16FNO3/c1-9-5-4-6-11(16)14(9)17-10(2)12-7-8-13(20-12)15(18)19-3/h4-8,10,17H,1-3H3. The molecule has 1 aromatic carbocycles. The Kier molecular flexibility index (Phi) is 4.08.